The molecule has 0 atom stereocenters. The molecule has 1 aliphatic rings. The number of carbonyl (C=O) groups excluding carboxylic acids is 1. The molecule has 138 valence electrons. The van der Waals surface area contributed by atoms with Gasteiger partial charge in [-0.3, -0.25) is 9.69 Å². The minimum atomic E-state index is -1.07. The summed E-state index contributed by atoms with van der Waals surface area (Å²) in [5.74, 6) is -0.175. The van der Waals surface area contributed by atoms with Gasteiger partial charge in [-0.2, -0.15) is 0 Å². The van der Waals surface area contributed by atoms with E-state index < -0.39 is 5.97 Å². The SMILES string of the molecule is COc1cc(/C=C2\SC(=S)N(c3cccc(C(=O)O)c3)C2=O)cc(OC)c1. The maximum atomic E-state index is 12.9. The molecule has 6 nitrogen and oxygen atoms in total. The summed E-state index contributed by atoms with van der Waals surface area (Å²) in [6.45, 7) is 0. The average molecular weight is 401 g/mol. The number of amides is 1. The molecule has 0 aliphatic carbocycles. The highest BCUT2D eigenvalue weighted by molar-refractivity contribution is 8.27. The molecule has 27 heavy (non-hydrogen) atoms. The van der Waals surface area contributed by atoms with E-state index in [1.807, 2.05) is 0 Å². The van der Waals surface area contributed by atoms with E-state index in [4.69, 9.17) is 26.8 Å². The minimum absolute atomic E-state index is 0.0862. The summed E-state index contributed by atoms with van der Waals surface area (Å²) in [5.41, 5.74) is 1.23. The molecule has 1 aliphatic heterocycles. The standard InChI is InChI=1S/C19H15NO5S2/c1-24-14-6-11(7-15(10-14)25-2)8-16-17(21)20(19(26)27-16)13-5-3-4-12(9-13)18(22)23/h3-10H,1-2H3,(H,22,23)/b16-8-. The lowest BCUT2D eigenvalue weighted by Gasteiger charge is -2.14. The maximum absolute atomic E-state index is 12.9. The van der Waals surface area contributed by atoms with Crippen molar-refractivity contribution in [2.45, 2.75) is 0 Å². The zero-order valence-corrected chi connectivity index (χ0v) is 16.1. The summed E-state index contributed by atoms with van der Waals surface area (Å²) in [6, 6.07) is 11.4. The van der Waals surface area contributed by atoms with Crippen molar-refractivity contribution in [3.05, 3.63) is 58.5 Å². The molecule has 0 radical (unpaired) electrons. The van der Waals surface area contributed by atoms with Crippen LogP contribution in [0.4, 0.5) is 5.69 Å². The van der Waals surface area contributed by atoms with Gasteiger partial charge in [0, 0.05) is 6.07 Å². The van der Waals surface area contributed by atoms with Crippen LogP contribution in [0.25, 0.3) is 6.08 Å². The Morgan fingerprint density at radius 1 is 1.15 bits per heavy atom. The normalized spacial score (nSPS) is 15.3. The number of aromatic carboxylic acids is 1. The van der Waals surface area contributed by atoms with Gasteiger partial charge in [0.2, 0.25) is 0 Å². The second-order valence-corrected chi connectivity index (χ2v) is 7.19. The lowest BCUT2D eigenvalue weighted by molar-refractivity contribution is -0.113. The fraction of sp³-hybridized carbons (Fsp3) is 0.105. The van der Waals surface area contributed by atoms with Gasteiger partial charge in [-0.05, 0) is 42.0 Å². The van der Waals surface area contributed by atoms with E-state index in [0.29, 0.717) is 26.4 Å². The smallest absolute Gasteiger partial charge is 0.335 e. The van der Waals surface area contributed by atoms with Crippen LogP contribution in [0, 0.1) is 0 Å². The van der Waals surface area contributed by atoms with Gasteiger partial charge in [-0.1, -0.05) is 30.0 Å². The Bertz CT molecular complexity index is 948. The van der Waals surface area contributed by atoms with Crippen LogP contribution in [0.3, 0.4) is 0 Å². The number of hydrogen-bond acceptors (Lipinski definition) is 6. The van der Waals surface area contributed by atoms with Crippen molar-refractivity contribution in [2.75, 3.05) is 19.1 Å². The maximum Gasteiger partial charge on any atom is 0.335 e. The Hall–Kier alpha value is -2.84. The first-order valence-corrected chi connectivity index (χ1v) is 9.00. The summed E-state index contributed by atoms with van der Waals surface area (Å²) in [5, 5.41) is 9.15. The average Bonchev–Trinajstić information content (AvgIpc) is 2.94. The van der Waals surface area contributed by atoms with Gasteiger partial charge in [0.15, 0.2) is 4.32 Å². The predicted molar refractivity (Wildman–Crippen MR) is 109 cm³/mol. The zero-order chi connectivity index (χ0) is 19.6. The number of methoxy groups -OCH3 is 2. The van der Waals surface area contributed by atoms with Crippen LogP contribution in [0.1, 0.15) is 15.9 Å². The number of carboxylic acid groups (broad SMARTS) is 1. The predicted octanol–water partition coefficient (Wildman–Crippen LogP) is 3.81. The van der Waals surface area contributed by atoms with Crippen LogP contribution in [0.2, 0.25) is 0 Å². The van der Waals surface area contributed by atoms with Crippen molar-refractivity contribution >= 4 is 51.9 Å². The largest absolute Gasteiger partial charge is 0.497 e. The Morgan fingerprint density at radius 3 is 2.41 bits per heavy atom. The van der Waals surface area contributed by atoms with Crippen LogP contribution < -0.4 is 14.4 Å². The van der Waals surface area contributed by atoms with E-state index in [1.54, 1.807) is 50.6 Å². The monoisotopic (exact) mass is 401 g/mol. The Morgan fingerprint density at radius 2 is 1.81 bits per heavy atom. The molecule has 0 aromatic heterocycles. The summed E-state index contributed by atoms with van der Waals surface area (Å²) in [6.07, 6.45) is 1.70. The highest BCUT2D eigenvalue weighted by Crippen LogP contribution is 2.37. The number of nitrogens with zero attached hydrogens (tertiary/aromatic N) is 1. The summed E-state index contributed by atoms with van der Waals surface area (Å²) in [7, 11) is 3.10. The molecule has 3 rings (SSSR count). The molecule has 0 bridgehead atoms. The lowest BCUT2D eigenvalue weighted by atomic mass is 10.1. The van der Waals surface area contributed by atoms with Gasteiger partial charge in [0.05, 0.1) is 30.4 Å². The van der Waals surface area contributed by atoms with Crippen molar-refractivity contribution in [3.8, 4) is 11.5 Å². The number of ether oxygens (including phenoxy) is 2. The Kier molecular flexibility index (Phi) is 5.48. The first-order chi connectivity index (χ1) is 12.9. The van der Waals surface area contributed by atoms with E-state index in [9.17, 15) is 9.59 Å². The third kappa shape index (κ3) is 3.96. The van der Waals surface area contributed by atoms with Gasteiger partial charge in [0.25, 0.3) is 5.91 Å². The van der Waals surface area contributed by atoms with Gasteiger partial charge in [-0.25, -0.2) is 4.79 Å². The van der Waals surface area contributed by atoms with Gasteiger partial charge in [-0.15, -0.1) is 0 Å². The zero-order valence-electron chi connectivity index (χ0n) is 14.5. The number of rotatable bonds is 5. The van der Waals surface area contributed by atoms with E-state index >= 15 is 0 Å². The molecule has 1 saturated heterocycles. The van der Waals surface area contributed by atoms with Gasteiger partial charge < -0.3 is 14.6 Å². The number of carbonyl (C=O) groups is 2. The Balaban J connectivity index is 1.96. The summed E-state index contributed by atoms with van der Waals surface area (Å²) >= 11 is 6.48. The summed E-state index contributed by atoms with van der Waals surface area (Å²) in [4.78, 5) is 25.8. The first-order valence-electron chi connectivity index (χ1n) is 7.77. The summed E-state index contributed by atoms with van der Waals surface area (Å²) < 4.78 is 10.8. The van der Waals surface area contributed by atoms with Crippen molar-refractivity contribution < 1.29 is 24.2 Å². The molecule has 1 fully saturated rings. The van der Waals surface area contributed by atoms with Crippen molar-refractivity contribution in [1.29, 1.82) is 0 Å². The van der Waals surface area contributed by atoms with Crippen LogP contribution in [0.5, 0.6) is 11.5 Å². The molecule has 8 heteroatoms. The second-order valence-electron chi connectivity index (χ2n) is 5.52. The minimum Gasteiger partial charge on any atom is -0.497 e. The first kappa shape index (κ1) is 18.9. The van der Waals surface area contributed by atoms with Crippen molar-refractivity contribution in [3.63, 3.8) is 0 Å². The molecule has 1 amide bonds. The molecular formula is C19H15NO5S2. The third-order valence-electron chi connectivity index (χ3n) is 3.82. The van der Waals surface area contributed by atoms with E-state index in [2.05, 4.69) is 0 Å². The van der Waals surface area contributed by atoms with Gasteiger partial charge in [0.1, 0.15) is 11.5 Å². The molecule has 1 N–H and O–H groups in total. The topological polar surface area (TPSA) is 76.1 Å². The van der Waals surface area contributed by atoms with Crippen molar-refractivity contribution in [2.24, 2.45) is 0 Å². The number of thiocarbonyl (C=S) groups is 1. The number of thioether (sulfide) groups is 1. The number of hydrogen-bond donors (Lipinski definition) is 1. The van der Waals surface area contributed by atoms with Gasteiger partial charge >= 0.3 is 5.97 Å². The number of anilines is 1. The van der Waals surface area contributed by atoms with E-state index in [-0.39, 0.29) is 11.5 Å². The number of carboxylic acids is 1. The third-order valence-corrected chi connectivity index (χ3v) is 5.12. The van der Waals surface area contributed by atoms with Crippen LogP contribution in [-0.4, -0.2) is 35.5 Å². The van der Waals surface area contributed by atoms with Crippen LogP contribution in [0.15, 0.2) is 47.4 Å². The molecule has 0 saturated carbocycles. The highest BCUT2D eigenvalue weighted by atomic mass is 32.2. The molecule has 2 aromatic carbocycles. The van der Waals surface area contributed by atoms with Crippen LogP contribution in [-0.2, 0) is 4.79 Å². The lowest BCUT2D eigenvalue weighted by Crippen LogP contribution is -2.27. The molecular weight excluding hydrogens is 386 g/mol. The fourth-order valence-corrected chi connectivity index (χ4v) is 3.83. The van der Waals surface area contributed by atoms with Crippen LogP contribution >= 0.6 is 24.0 Å². The molecule has 0 unspecified atom stereocenters. The van der Waals surface area contributed by atoms with E-state index in [0.717, 1.165) is 17.3 Å². The van der Waals surface area contributed by atoms with E-state index in [1.165, 1.54) is 17.0 Å². The second kappa shape index (κ2) is 7.81. The Labute approximate surface area is 165 Å². The molecule has 0 spiro atoms. The number of benzene rings is 2. The quantitative estimate of drug-likeness (QED) is 0.603. The van der Waals surface area contributed by atoms with Crippen molar-refractivity contribution in [1.82, 2.24) is 0 Å². The highest BCUT2D eigenvalue weighted by Gasteiger charge is 2.33. The molecule has 1 heterocycles. The fourth-order valence-electron chi connectivity index (χ4n) is 2.53. The molecule has 2 aromatic rings.